The van der Waals surface area contributed by atoms with Crippen molar-refractivity contribution >= 4 is 36.4 Å². The Morgan fingerprint density at radius 2 is 0.550 bits per heavy atom. The molecule has 0 spiro atoms. The SMILES string of the molecule is CC(C)(C)OC(=O)Oc1c(C(C)(C)C)cc(Cn2c(=O)n(Cc3cc(C(C)(C)C)c(OC(=O)OC(C)(C)C)c(C(C)(C)C)c3OCCCOC(=O)C3CCO3)c(=O)n(Cc3cc(C(C)(C)C)c(OC(=O)OC(C)(C)C)c(C(C)(C)C)c3OCCCOC(=O)C3CCO3)c2=O)c(OCCCOC(=O)C2CCO2)c1C(C)(C)C. The molecule has 0 saturated carbocycles. The van der Waals surface area contributed by atoms with Crippen LogP contribution in [-0.4, -0.2) is 145 Å². The number of benzene rings is 3. The van der Waals surface area contributed by atoms with E-state index in [2.05, 4.69) is 0 Å². The lowest BCUT2D eigenvalue weighted by Crippen LogP contribution is -2.55. The molecule has 0 aliphatic carbocycles. The Morgan fingerprint density at radius 1 is 0.333 bits per heavy atom. The Balaban J connectivity index is 1.62. The molecular formula is C84H123N3O24. The Morgan fingerprint density at radius 3 is 0.721 bits per heavy atom. The molecule has 3 unspecified atom stereocenters. The van der Waals surface area contributed by atoms with E-state index < -0.39 is 141 Å². The van der Waals surface area contributed by atoms with Crippen LogP contribution in [0, 0.1) is 0 Å². The molecule has 3 aliphatic rings. The van der Waals surface area contributed by atoms with Gasteiger partial charge in [0.05, 0.1) is 79.1 Å². The molecule has 4 aromatic rings. The normalized spacial score (nSPS) is 16.4. The first kappa shape index (κ1) is 89.8. The van der Waals surface area contributed by atoms with Gasteiger partial charge in [-0.25, -0.2) is 56.9 Å². The van der Waals surface area contributed by atoms with Crippen molar-refractivity contribution in [2.75, 3.05) is 59.5 Å². The van der Waals surface area contributed by atoms with Crippen LogP contribution in [0.5, 0.6) is 34.5 Å². The second-order valence-electron chi connectivity index (χ2n) is 37.7. The highest BCUT2D eigenvalue weighted by molar-refractivity contribution is 5.77. The van der Waals surface area contributed by atoms with Crippen LogP contribution in [0.4, 0.5) is 14.4 Å². The predicted molar refractivity (Wildman–Crippen MR) is 415 cm³/mol. The number of esters is 3. The highest BCUT2D eigenvalue weighted by Crippen LogP contribution is 2.51. The molecule has 3 saturated heterocycles. The maximum Gasteiger partial charge on any atom is 0.514 e. The smallest absolute Gasteiger partial charge is 0.493 e. The third kappa shape index (κ3) is 24.1. The number of ether oxygens (including phenoxy) is 15. The number of rotatable bonds is 27. The number of nitrogens with zero attached hydrogens (tertiary/aromatic N) is 3. The molecule has 3 aromatic carbocycles. The monoisotopic (exact) mass is 1560 g/mol. The quantitative estimate of drug-likeness (QED) is 0.0232. The summed E-state index contributed by atoms with van der Waals surface area (Å²) in [5.41, 5.74) is -8.83. The lowest BCUT2D eigenvalue weighted by Gasteiger charge is -2.33. The maximum absolute atomic E-state index is 16.6. The average Bonchev–Trinajstić information content (AvgIpc) is 0.745. The van der Waals surface area contributed by atoms with Crippen molar-refractivity contribution in [3.05, 3.63) is 99.7 Å². The van der Waals surface area contributed by atoms with Crippen molar-refractivity contribution in [3.8, 4) is 34.5 Å². The molecule has 111 heavy (non-hydrogen) atoms. The summed E-state index contributed by atoms with van der Waals surface area (Å²) in [5, 5.41) is 0. The van der Waals surface area contributed by atoms with Crippen molar-refractivity contribution < 1.29 is 99.8 Å². The van der Waals surface area contributed by atoms with E-state index in [9.17, 15) is 28.8 Å². The van der Waals surface area contributed by atoms with E-state index >= 15 is 14.4 Å². The summed E-state index contributed by atoms with van der Waals surface area (Å²) in [7, 11) is 0. The number of carbonyl (C=O) groups excluding carboxylic acids is 6. The van der Waals surface area contributed by atoms with Crippen molar-refractivity contribution in [2.24, 2.45) is 0 Å². The Kier molecular flexibility index (Phi) is 28.2. The fraction of sp³-hybridized carbons (Fsp3) is 0.679. The molecule has 618 valence electrons. The topological polar surface area (TPSA) is 307 Å². The summed E-state index contributed by atoms with van der Waals surface area (Å²) in [4.78, 5) is 131. The average molecular weight is 1560 g/mol. The summed E-state index contributed by atoms with van der Waals surface area (Å²) in [6.45, 7) is 48.2. The molecule has 0 amide bonds. The van der Waals surface area contributed by atoms with E-state index in [-0.39, 0.29) is 110 Å². The number of carbonyl (C=O) groups is 6. The van der Waals surface area contributed by atoms with Gasteiger partial charge in [-0.3, -0.25) is 0 Å². The van der Waals surface area contributed by atoms with Crippen molar-refractivity contribution in [3.63, 3.8) is 0 Å². The molecule has 1 aromatic heterocycles. The minimum absolute atomic E-state index is 0.0801. The van der Waals surface area contributed by atoms with Crippen LogP contribution in [-0.2, 0) is 109 Å². The third-order valence-corrected chi connectivity index (χ3v) is 17.9. The highest BCUT2D eigenvalue weighted by atomic mass is 16.7. The van der Waals surface area contributed by atoms with Gasteiger partial charge < -0.3 is 71.1 Å². The molecule has 7 rings (SSSR count). The van der Waals surface area contributed by atoms with E-state index in [1.54, 1.807) is 80.5 Å². The van der Waals surface area contributed by atoms with Crippen LogP contribution in [0.1, 0.15) is 276 Å². The molecule has 0 N–H and O–H groups in total. The van der Waals surface area contributed by atoms with Crippen LogP contribution < -0.4 is 45.5 Å². The van der Waals surface area contributed by atoms with Gasteiger partial charge in [0.25, 0.3) is 0 Å². The Bertz CT molecular complexity index is 3770. The number of aromatic nitrogens is 3. The van der Waals surface area contributed by atoms with Crippen LogP contribution in [0.25, 0.3) is 0 Å². The molecular weight excluding hydrogens is 1430 g/mol. The Labute approximate surface area is 653 Å². The van der Waals surface area contributed by atoms with Gasteiger partial charge in [-0.2, -0.15) is 0 Å². The molecule has 27 nitrogen and oxygen atoms in total. The van der Waals surface area contributed by atoms with Gasteiger partial charge in [-0.1, -0.05) is 125 Å². The van der Waals surface area contributed by atoms with Gasteiger partial charge in [0.2, 0.25) is 0 Å². The van der Waals surface area contributed by atoms with E-state index in [0.717, 1.165) is 13.7 Å². The molecule has 0 radical (unpaired) electrons. The van der Waals surface area contributed by atoms with Gasteiger partial charge in [-0.05, 0) is 113 Å². The van der Waals surface area contributed by atoms with E-state index in [0.29, 0.717) is 72.5 Å². The largest absolute Gasteiger partial charge is 0.514 e. The van der Waals surface area contributed by atoms with Gasteiger partial charge in [-0.15, -0.1) is 0 Å². The molecule has 3 aliphatic heterocycles. The van der Waals surface area contributed by atoms with Gasteiger partial charge in [0, 0.05) is 88.6 Å². The predicted octanol–water partition coefficient (Wildman–Crippen LogP) is 14.3. The minimum atomic E-state index is -1.11. The first-order valence-corrected chi connectivity index (χ1v) is 38.5. The van der Waals surface area contributed by atoms with Crippen LogP contribution in [0.15, 0.2) is 32.6 Å². The van der Waals surface area contributed by atoms with Gasteiger partial charge in [0.15, 0.2) is 18.3 Å². The van der Waals surface area contributed by atoms with Crippen molar-refractivity contribution in [2.45, 2.75) is 313 Å². The number of hydrogen-bond donors (Lipinski definition) is 0. The van der Waals surface area contributed by atoms with Gasteiger partial charge in [0.1, 0.15) is 51.3 Å². The van der Waals surface area contributed by atoms with Crippen molar-refractivity contribution in [1.29, 1.82) is 0 Å². The van der Waals surface area contributed by atoms with Crippen LogP contribution >= 0.6 is 0 Å². The maximum atomic E-state index is 16.6. The summed E-state index contributed by atoms with van der Waals surface area (Å²) in [6.07, 6.45) is -3.15. The first-order valence-electron chi connectivity index (χ1n) is 38.5. The highest BCUT2D eigenvalue weighted by Gasteiger charge is 2.41. The zero-order valence-electron chi connectivity index (χ0n) is 70.8. The fourth-order valence-corrected chi connectivity index (χ4v) is 12.4. The zero-order chi connectivity index (χ0) is 83.3. The van der Waals surface area contributed by atoms with E-state index in [4.69, 9.17) is 71.1 Å². The van der Waals surface area contributed by atoms with Crippen molar-refractivity contribution in [1.82, 2.24) is 13.7 Å². The van der Waals surface area contributed by atoms with E-state index in [1.807, 2.05) is 125 Å². The number of hydrogen-bond acceptors (Lipinski definition) is 24. The molecule has 3 fully saturated rings. The first-order chi connectivity index (χ1) is 51.0. The summed E-state index contributed by atoms with van der Waals surface area (Å²) >= 11 is 0. The van der Waals surface area contributed by atoms with Crippen LogP contribution in [0.3, 0.4) is 0 Å². The molecule has 3 atom stereocenters. The minimum Gasteiger partial charge on any atom is -0.493 e. The second kappa shape index (κ2) is 34.9. The molecule has 0 bridgehead atoms. The summed E-state index contributed by atoms with van der Waals surface area (Å²) in [6, 6.07) is 5.08. The molecule has 4 heterocycles. The Hall–Kier alpha value is -8.43. The second-order valence-corrected chi connectivity index (χ2v) is 37.7. The summed E-state index contributed by atoms with van der Waals surface area (Å²) in [5.74, 6) is -1.02. The van der Waals surface area contributed by atoms with Crippen LogP contribution in [0.2, 0.25) is 0 Å². The third-order valence-electron chi connectivity index (χ3n) is 17.9. The van der Waals surface area contributed by atoms with Gasteiger partial charge >= 0.3 is 53.4 Å². The summed E-state index contributed by atoms with van der Waals surface area (Å²) < 4.78 is 92.7. The lowest BCUT2D eigenvalue weighted by molar-refractivity contribution is -0.170. The fourth-order valence-electron chi connectivity index (χ4n) is 12.4. The van der Waals surface area contributed by atoms with E-state index in [1.165, 1.54) is 0 Å². The zero-order valence-corrected chi connectivity index (χ0v) is 70.8. The molecule has 27 heteroatoms. The standard InChI is InChI=1S/C84H123N3O24/c1-76(2,3)52-43-49(61(100-34-28-37-103-67(88)55-31-40-97-55)58(79(10,11)12)64(52)106-73(94)109-82(19,20)21)46-85-70(91)86(47-50-44-53(77(4,5)6)65(107-74(95)110-83(22,23)24)59(80(13,14)15)62(50)101-35-29-38-104-68(89)56-32-41-98-56)72(93)87(71(85)92)48-51-45-54(78(7,8)9)66(108-75(96)111-84(25,26)27)60(81(16,17)18)63(51)102-36-30-39-105-69(90)57-33-42-99-57/h43-45,55-57H,28-42,46-48H2,1-27H3. The lowest BCUT2D eigenvalue weighted by atomic mass is 9.77.